The first-order valence-electron chi connectivity index (χ1n) is 6.87. The molecule has 20 heavy (non-hydrogen) atoms. The molecule has 6 nitrogen and oxygen atoms in total. The van der Waals surface area contributed by atoms with Crippen molar-refractivity contribution in [3.05, 3.63) is 35.4 Å². The Morgan fingerprint density at radius 2 is 2.30 bits per heavy atom. The highest BCUT2D eigenvalue weighted by Crippen LogP contribution is 2.11. The lowest BCUT2D eigenvalue weighted by molar-refractivity contribution is -0.124. The summed E-state index contributed by atoms with van der Waals surface area (Å²) < 4.78 is 1.65. The first-order valence-corrected chi connectivity index (χ1v) is 6.87. The standard InChI is InChI=1S/C14H21N5O/c1-10-13(11(2)18-17-10)6-4-7-15-14(20)12(3)19-9-5-8-16-19/h5,8-9,12H,4,6-7H2,1-3H3,(H,15,20)(H,17,18)/t12-/m0/s1. The van der Waals surface area contributed by atoms with Gasteiger partial charge in [-0.25, -0.2) is 0 Å². The molecule has 6 heteroatoms. The molecule has 0 bridgehead atoms. The summed E-state index contributed by atoms with van der Waals surface area (Å²) in [5.41, 5.74) is 3.40. The van der Waals surface area contributed by atoms with E-state index in [1.807, 2.05) is 26.8 Å². The van der Waals surface area contributed by atoms with Crippen LogP contribution in [0.15, 0.2) is 18.5 Å². The number of rotatable bonds is 6. The van der Waals surface area contributed by atoms with Gasteiger partial charge in [0.1, 0.15) is 6.04 Å². The molecule has 0 fully saturated rings. The first-order chi connectivity index (χ1) is 9.59. The Bertz CT molecular complexity index is 539. The van der Waals surface area contributed by atoms with Crippen LogP contribution in [0.1, 0.15) is 36.3 Å². The second-order valence-electron chi connectivity index (χ2n) is 4.97. The average molecular weight is 275 g/mol. The van der Waals surface area contributed by atoms with Crippen LogP contribution in [-0.4, -0.2) is 32.4 Å². The van der Waals surface area contributed by atoms with E-state index < -0.39 is 0 Å². The van der Waals surface area contributed by atoms with E-state index in [1.54, 1.807) is 17.1 Å². The molecule has 2 rings (SSSR count). The van der Waals surface area contributed by atoms with Crippen LogP contribution in [0.3, 0.4) is 0 Å². The highest BCUT2D eigenvalue weighted by atomic mass is 16.2. The van der Waals surface area contributed by atoms with Gasteiger partial charge < -0.3 is 5.32 Å². The number of aryl methyl sites for hydroxylation is 2. The van der Waals surface area contributed by atoms with E-state index in [4.69, 9.17) is 0 Å². The molecular formula is C14H21N5O. The Balaban J connectivity index is 1.75. The zero-order valence-corrected chi connectivity index (χ0v) is 12.2. The zero-order chi connectivity index (χ0) is 14.5. The van der Waals surface area contributed by atoms with Gasteiger partial charge in [-0.1, -0.05) is 0 Å². The van der Waals surface area contributed by atoms with Gasteiger partial charge in [0.05, 0.1) is 5.69 Å². The second-order valence-corrected chi connectivity index (χ2v) is 4.97. The molecule has 0 unspecified atom stereocenters. The van der Waals surface area contributed by atoms with Crippen LogP contribution < -0.4 is 5.32 Å². The molecule has 108 valence electrons. The summed E-state index contributed by atoms with van der Waals surface area (Å²) in [6, 6.07) is 1.54. The Morgan fingerprint density at radius 1 is 1.50 bits per heavy atom. The van der Waals surface area contributed by atoms with Gasteiger partial charge in [0.2, 0.25) is 5.91 Å². The van der Waals surface area contributed by atoms with Gasteiger partial charge in [0.15, 0.2) is 0 Å². The fourth-order valence-electron chi connectivity index (χ4n) is 2.20. The van der Waals surface area contributed by atoms with E-state index in [0.717, 1.165) is 24.2 Å². The normalized spacial score (nSPS) is 12.3. The minimum absolute atomic E-state index is 0.00524. The number of nitrogens with zero attached hydrogens (tertiary/aromatic N) is 3. The molecular weight excluding hydrogens is 254 g/mol. The summed E-state index contributed by atoms with van der Waals surface area (Å²) in [6.07, 6.45) is 5.29. The molecule has 0 aliphatic rings. The molecule has 0 saturated heterocycles. The van der Waals surface area contributed by atoms with Crippen LogP contribution in [0.2, 0.25) is 0 Å². The van der Waals surface area contributed by atoms with Crippen LogP contribution >= 0.6 is 0 Å². The quantitative estimate of drug-likeness (QED) is 0.785. The maximum atomic E-state index is 11.9. The van der Waals surface area contributed by atoms with Crippen LogP contribution in [-0.2, 0) is 11.2 Å². The summed E-state index contributed by atoms with van der Waals surface area (Å²) in [7, 11) is 0. The lowest BCUT2D eigenvalue weighted by Crippen LogP contribution is -2.32. The number of aromatic nitrogens is 4. The monoisotopic (exact) mass is 275 g/mol. The number of carbonyl (C=O) groups excluding carboxylic acids is 1. The maximum absolute atomic E-state index is 11.9. The Morgan fingerprint density at radius 3 is 2.90 bits per heavy atom. The molecule has 1 amide bonds. The van der Waals surface area contributed by atoms with Crippen molar-refractivity contribution in [3.8, 4) is 0 Å². The van der Waals surface area contributed by atoms with Gasteiger partial charge in [-0.15, -0.1) is 0 Å². The lowest BCUT2D eigenvalue weighted by Gasteiger charge is -2.12. The summed E-state index contributed by atoms with van der Waals surface area (Å²) in [4.78, 5) is 11.9. The van der Waals surface area contributed by atoms with E-state index in [9.17, 15) is 4.79 Å². The van der Waals surface area contributed by atoms with Crippen LogP contribution in [0.4, 0.5) is 0 Å². The van der Waals surface area contributed by atoms with Crippen molar-refractivity contribution < 1.29 is 4.79 Å². The van der Waals surface area contributed by atoms with Gasteiger partial charge in [0, 0.05) is 24.6 Å². The lowest BCUT2D eigenvalue weighted by atomic mass is 10.1. The van der Waals surface area contributed by atoms with Crippen molar-refractivity contribution in [2.24, 2.45) is 0 Å². The summed E-state index contributed by atoms with van der Waals surface area (Å²) in [5.74, 6) is -0.00524. The van der Waals surface area contributed by atoms with Crippen LogP contribution in [0, 0.1) is 13.8 Å². The molecule has 2 aromatic rings. The molecule has 0 saturated carbocycles. The summed E-state index contributed by atoms with van der Waals surface area (Å²) in [6.45, 7) is 6.52. The Hall–Kier alpha value is -2.11. The number of nitrogens with one attached hydrogen (secondary N) is 2. The maximum Gasteiger partial charge on any atom is 0.244 e. The SMILES string of the molecule is Cc1n[nH]c(C)c1CCCNC(=O)[C@H](C)n1cccn1. The predicted octanol–water partition coefficient (Wildman–Crippen LogP) is 1.53. The van der Waals surface area contributed by atoms with Crippen molar-refractivity contribution in [2.75, 3.05) is 6.54 Å². The van der Waals surface area contributed by atoms with E-state index in [2.05, 4.69) is 20.6 Å². The topological polar surface area (TPSA) is 75.6 Å². The molecule has 2 aromatic heterocycles. The average Bonchev–Trinajstić information content (AvgIpc) is 3.06. The smallest absolute Gasteiger partial charge is 0.244 e. The third-order valence-corrected chi connectivity index (χ3v) is 3.48. The summed E-state index contributed by atoms with van der Waals surface area (Å²) in [5, 5.41) is 14.2. The summed E-state index contributed by atoms with van der Waals surface area (Å²) >= 11 is 0. The second kappa shape index (κ2) is 6.36. The highest BCUT2D eigenvalue weighted by Gasteiger charge is 2.14. The number of hydrogen-bond donors (Lipinski definition) is 2. The largest absolute Gasteiger partial charge is 0.354 e. The van der Waals surface area contributed by atoms with Crippen molar-refractivity contribution in [2.45, 2.75) is 39.7 Å². The van der Waals surface area contributed by atoms with Gasteiger partial charge in [-0.05, 0) is 45.2 Å². The van der Waals surface area contributed by atoms with Crippen molar-refractivity contribution in [1.29, 1.82) is 0 Å². The number of aromatic amines is 1. The fourth-order valence-corrected chi connectivity index (χ4v) is 2.20. The molecule has 0 aromatic carbocycles. The third-order valence-electron chi connectivity index (χ3n) is 3.48. The minimum atomic E-state index is -0.276. The van der Waals surface area contributed by atoms with Crippen LogP contribution in [0.25, 0.3) is 0 Å². The van der Waals surface area contributed by atoms with E-state index >= 15 is 0 Å². The Kier molecular flexibility index (Phi) is 4.55. The molecule has 0 aliphatic carbocycles. The predicted molar refractivity (Wildman–Crippen MR) is 76.3 cm³/mol. The molecule has 0 aliphatic heterocycles. The van der Waals surface area contributed by atoms with Gasteiger partial charge in [0.25, 0.3) is 0 Å². The first kappa shape index (κ1) is 14.3. The molecule has 0 radical (unpaired) electrons. The number of hydrogen-bond acceptors (Lipinski definition) is 3. The minimum Gasteiger partial charge on any atom is -0.354 e. The van der Waals surface area contributed by atoms with E-state index in [-0.39, 0.29) is 11.9 Å². The Labute approximate surface area is 118 Å². The third kappa shape index (κ3) is 3.26. The van der Waals surface area contributed by atoms with Crippen molar-refractivity contribution >= 4 is 5.91 Å². The van der Waals surface area contributed by atoms with Gasteiger partial charge in [-0.2, -0.15) is 10.2 Å². The molecule has 2 heterocycles. The number of amides is 1. The van der Waals surface area contributed by atoms with E-state index in [1.165, 1.54) is 5.56 Å². The molecule has 1 atom stereocenters. The van der Waals surface area contributed by atoms with Crippen molar-refractivity contribution in [3.63, 3.8) is 0 Å². The van der Waals surface area contributed by atoms with Crippen molar-refractivity contribution in [1.82, 2.24) is 25.3 Å². The fraction of sp³-hybridized carbons (Fsp3) is 0.500. The molecule has 2 N–H and O–H groups in total. The highest BCUT2D eigenvalue weighted by molar-refractivity contribution is 5.79. The molecule has 0 spiro atoms. The van der Waals surface area contributed by atoms with Crippen LogP contribution in [0.5, 0.6) is 0 Å². The zero-order valence-electron chi connectivity index (χ0n) is 12.2. The van der Waals surface area contributed by atoms with E-state index in [0.29, 0.717) is 6.54 Å². The number of H-pyrrole nitrogens is 1. The van der Waals surface area contributed by atoms with Gasteiger partial charge >= 0.3 is 0 Å². The number of carbonyl (C=O) groups is 1. The van der Waals surface area contributed by atoms with Gasteiger partial charge in [-0.3, -0.25) is 14.6 Å².